The summed E-state index contributed by atoms with van der Waals surface area (Å²) < 4.78 is 1.94. The van der Waals surface area contributed by atoms with Crippen molar-refractivity contribution in [2.75, 3.05) is 20.6 Å². The average molecular weight is 246 g/mol. The number of benzene rings is 1. The molecule has 0 radical (unpaired) electrons. The first-order chi connectivity index (χ1) is 8.61. The molecule has 18 heavy (non-hydrogen) atoms. The highest BCUT2D eigenvalue weighted by Crippen LogP contribution is 2.20. The number of aromatic nitrogens is 1. The quantitative estimate of drug-likeness (QED) is 0.811. The van der Waals surface area contributed by atoms with Gasteiger partial charge in [-0.2, -0.15) is 0 Å². The Hall–Kier alpha value is -1.65. The molecular formula is C14H18N2O2. The Labute approximate surface area is 106 Å². The smallest absolute Gasteiger partial charge is 0.152 e. The number of carbonyl (C=O) groups excluding carboxylic acids is 1. The minimum absolute atomic E-state index is 0.449. The Morgan fingerprint density at radius 1 is 1.39 bits per heavy atom. The highest BCUT2D eigenvalue weighted by Gasteiger charge is 2.11. The summed E-state index contributed by atoms with van der Waals surface area (Å²) >= 11 is 0. The Bertz CT molecular complexity index is 546. The number of aliphatic hydroxyl groups excluding tert-OH is 1. The lowest BCUT2D eigenvalue weighted by atomic mass is 10.2. The van der Waals surface area contributed by atoms with E-state index in [4.69, 9.17) is 0 Å². The van der Waals surface area contributed by atoms with Crippen LogP contribution in [-0.2, 0) is 6.54 Å². The molecule has 0 saturated heterocycles. The van der Waals surface area contributed by atoms with Gasteiger partial charge in [0.25, 0.3) is 0 Å². The third-order valence-electron chi connectivity index (χ3n) is 2.93. The van der Waals surface area contributed by atoms with E-state index < -0.39 is 6.10 Å². The maximum atomic E-state index is 11.0. The third kappa shape index (κ3) is 2.60. The molecule has 0 spiro atoms. The highest BCUT2D eigenvalue weighted by atomic mass is 16.3. The molecule has 1 atom stereocenters. The Morgan fingerprint density at radius 3 is 2.78 bits per heavy atom. The summed E-state index contributed by atoms with van der Waals surface area (Å²) in [7, 11) is 3.85. The summed E-state index contributed by atoms with van der Waals surface area (Å²) in [5.41, 5.74) is 1.65. The first-order valence-electron chi connectivity index (χ1n) is 5.97. The number of hydrogen-bond donors (Lipinski definition) is 1. The molecule has 0 aliphatic carbocycles. The molecule has 0 aliphatic heterocycles. The van der Waals surface area contributed by atoms with Crippen LogP contribution in [0.2, 0.25) is 0 Å². The lowest BCUT2D eigenvalue weighted by Gasteiger charge is -2.17. The summed E-state index contributed by atoms with van der Waals surface area (Å²) in [6.45, 7) is 1.09. The van der Waals surface area contributed by atoms with Crippen molar-refractivity contribution >= 4 is 17.2 Å². The number of carbonyl (C=O) groups is 1. The molecule has 1 aromatic carbocycles. The van der Waals surface area contributed by atoms with E-state index >= 15 is 0 Å². The zero-order chi connectivity index (χ0) is 13.1. The molecule has 1 heterocycles. The number of aldehydes is 1. The van der Waals surface area contributed by atoms with Crippen molar-refractivity contribution in [3.8, 4) is 0 Å². The second-order valence-corrected chi connectivity index (χ2v) is 4.79. The van der Waals surface area contributed by atoms with Gasteiger partial charge in [-0.25, -0.2) is 0 Å². The van der Waals surface area contributed by atoms with Gasteiger partial charge in [-0.05, 0) is 20.2 Å². The number of para-hydroxylation sites is 1. The van der Waals surface area contributed by atoms with Gasteiger partial charge in [0.05, 0.1) is 6.10 Å². The van der Waals surface area contributed by atoms with E-state index in [0.717, 1.165) is 17.2 Å². The van der Waals surface area contributed by atoms with Crippen LogP contribution in [-0.4, -0.2) is 47.6 Å². The topological polar surface area (TPSA) is 45.5 Å². The highest BCUT2D eigenvalue weighted by molar-refractivity contribution is 5.97. The Morgan fingerprint density at radius 2 is 2.11 bits per heavy atom. The summed E-state index contributed by atoms with van der Waals surface area (Å²) in [6, 6.07) is 7.74. The number of nitrogens with zero attached hydrogens (tertiary/aromatic N) is 2. The first kappa shape index (κ1) is 12.8. The number of likely N-dealkylation sites (N-methyl/N-ethyl adjacent to an activating group) is 1. The number of hydrogen-bond acceptors (Lipinski definition) is 3. The van der Waals surface area contributed by atoms with Gasteiger partial charge in [-0.15, -0.1) is 0 Å². The summed E-state index contributed by atoms with van der Waals surface area (Å²) in [4.78, 5) is 13.0. The SMILES string of the molecule is CN(C)C[C@@H](O)Cn1cc(C=O)c2ccccc21. The van der Waals surface area contributed by atoms with E-state index in [2.05, 4.69) is 0 Å². The van der Waals surface area contributed by atoms with E-state index in [9.17, 15) is 9.90 Å². The van der Waals surface area contributed by atoms with Gasteiger partial charge in [-0.3, -0.25) is 4.79 Å². The van der Waals surface area contributed by atoms with Crippen molar-refractivity contribution in [2.24, 2.45) is 0 Å². The average Bonchev–Trinajstić information content (AvgIpc) is 2.67. The lowest BCUT2D eigenvalue weighted by molar-refractivity contribution is 0.112. The van der Waals surface area contributed by atoms with Crippen molar-refractivity contribution in [3.05, 3.63) is 36.0 Å². The lowest BCUT2D eigenvalue weighted by Crippen LogP contribution is -2.29. The number of rotatable bonds is 5. The molecule has 1 aromatic heterocycles. The van der Waals surface area contributed by atoms with Crippen LogP contribution >= 0.6 is 0 Å². The Balaban J connectivity index is 2.30. The van der Waals surface area contributed by atoms with E-state index in [0.29, 0.717) is 18.7 Å². The van der Waals surface area contributed by atoms with Crippen molar-refractivity contribution in [3.63, 3.8) is 0 Å². The third-order valence-corrected chi connectivity index (χ3v) is 2.93. The molecule has 4 heteroatoms. The van der Waals surface area contributed by atoms with Crippen molar-refractivity contribution in [2.45, 2.75) is 12.6 Å². The van der Waals surface area contributed by atoms with Crippen LogP contribution in [0.4, 0.5) is 0 Å². The van der Waals surface area contributed by atoms with Gasteiger partial charge in [0.2, 0.25) is 0 Å². The Kier molecular flexibility index (Phi) is 3.79. The first-order valence-corrected chi connectivity index (χ1v) is 5.97. The monoisotopic (exact) mass is 246 g/mol. The van der Waals surface area contributed by atoms with Crippen LogP contribution in [0.25, 0.3) is 10.9 Å². The molecule has 0 bridgehead atoms. The van der Waals surface area contributed by atoms with E-state index in [-0.39, 0.29) is 0 Å². The fraction of sp³-hybridized carbons (Fsp3) is 0.357. The van der Waals surface area contributed by atoms with E-state index in [1.807, 2.05) is 47.8 Å². The molecule has 1 N–H and O–H groups in total. The molecule has 0 aliphatic rings. The van der Waals surface area contributed by atoms with Crippen LogP contribution < -0.4 is 0 Å². The summed E-state index contributed by atoms with van der Waals surface area (Å²) in [5, 5.41) is 10.9. The number of aliphatic hydroxyl groups is 1. The number of fused-ring (bicyclic) bond motifs is 1. The standard InChI is InChI=1S/C14H18N2O2/c1-15(2)8-12(18)9-16-7-11(10-17)13-5-3-4-6-14(13)16/h3-7,10,12,18H,8-9H2,1-2H3/t12-/m1/s1. The van der Waals surface area contributed by atoms with E-state index in [1.54, 1.807) is 6.20 Å². The van der Waals surface area contributed by atoms with Crippen molar-refractivity contribution in [1.82, 2.24) is 9.47 Å². The van der Waals surface area contributed by atoms with Gasteiger partial charge >= 0.3 is 0 Å². The van der Waals surface area contributed by atoms with Crippen LogP contribution in [0.3, 0.4) is 0 Å². The molecule has 0 amide bonds. The molecule has 96 valence electrons. The molecule has 0 fully saturated rings. The molecule has 2 rings (SSSR count). The largest absolute Gasteiger partial charge is 0.390 e. The maximum absolute atomic E-state index is 11.0. The molecule has 4 nitrogen and oxygen atoms in total. The van der Waals surface area contributed by atoms with Gasteiger partial charge in [-0.1, -0.05) is 18.2 Å². The predicted molar refractivity (Wildman–Crippen MR) is 71.9 cm³/mol. The molecule has 0 saturated carbocycles. The van der Waals surface area contributed by atoms with E-state index in [1.165, 1.54) is 0 Å². The minimum atomic E-state index is -0.449. The second-order valence-electron chi connectivity index (χ2n) is 4.79. The van der Waals surface area contributed by atoms with Crippen LogP contribution in [0.15, 0.2) is 30.5 Å². The van der Waals surface area contributed by atoms with Crippen LogP contribution in [0.5, 0.6) is 0 Å². The van der Waals surface area contributed by atoms with Crippen molar-refractivity contribution in [1.29, 1.82) is 0 Å². The second kappa shape index (κ2) is 5.33. The van der Waals surface area contributed by atoms with Gasteiger partial charge in [0.15, 0.2) is 6.29 Å². The molecule has 0 unspecified atom stereocenters. The van der Waals surface area contributed by atoms with Crippen molar-refractivity contribution < 1.29 is 9.90 Å². The zero-order valence-electron chi connectivity index (χ0n) is 10.7. The summed E-state index contributed by atoms with van der Waals surface area (Å²) in [6.07, 6.45) is 2.21. The van der Waals surface area contributed by atoms with Crippen LogP contribution in [0, 0.1) is 0 Å². The van der Waals surface area contributed by atoms with Crippen LogP contribution in [0.1, 0.15) is 10.4 Å². The molecular weight excluding hydrogens is 228 g/mol. The minimum Gasteiger partial charge on any atom is -0.390 e. The fourth-order valence-electron chi connectivity index (χ4n) is 2.23. The predicted octanol–water partition coefficient (Wildman–Crippen LogP) is 1.38. The maximum Gasteiger partial charge on any atom is 0.152 e. The zero-order valence-corrected chi connectivity index (χ0v) is 10.7. The van der Waals surface area contributed by atoms with Gasteiger partial charge in [0, 0.05) is 35.8 Å². The fourth-order valence-corrected chi connectivity index (χ4v) is 2.23. The molecule has 2 aromatic rings. The van der Waals surface area contributed by atoms with Gasteiger partial charge < -0.3 is 14.6 Å². The normalized spacial score (nSPS) is 13.1. The van der Waals surface area contributed by atoms with Gasteiger partial charge in [0.1, 0.15) is 0 Å². The summed E-state index contributed by atoms with van der Waals surface area (Å²) in [5.74, 6) is 0.